The number of benzene rings is 1. The van der Waals surface area contributed by atoms with Crippen molar-refractivity contribution in [3.63, 3.8) is 0 Å². The largest absolute Gasteiger partial charge is 0.393 e. The van der Waals surface area contributed by atoms with Gasteiger partial charge in [0.05, 0.1) is 28.3 Å². The molecule has 0 aliphatic heterocycles. The van der Waals surface area contributed by atoms with Gasteiger partial charge in [-0.2, -0.15) is 5.10 Å². The summed E-state index contributed by atoms with van der Waals surface area (Å²) in [7, 11) is 0. The molecule has 0 bridgehead atoms. The highest BCUT2D eigenvalue weighted by Gasteiger charge is 2.21. The van der Waals surface area contributed by atoms with Gasteiger partial charge in [-0.1, -0.05) is 6.07 Å². The summed E-state index contributed by atoms with van der Waals surface area (Å²) >= 11 is 0. The molecule has 0 unspecified atom stereocenters. The van der Waals surface area contributed by atoms with E-state index in [-0.39, 0.29) is 11.9 Å². The third-order valence-electron chi connectivity index (χ3n) is 5.92. The number of aliphatic hydroxyl groups is 1. The van der Waals surface area contributed by atoms with Crippen LogP contribution in [0.5, 0.6) is 0 Å². The van der Waals surface area contributed by atoms with Crippen LogP contribution in [-0.2, 0) is 0 Å². The zero-order valence-electron chi connectivity index (χ0n) is 17.1. The molecule has 3 heterocycles. The summed E-state index contributed by atoms with van der Waals surface area (Å²) in [5.41, 5.74) is 5.40. The summed E-state index contributed by atoms with van der Waals surface area (Å²) in [6.07, 6.45) is 3.33. The van der Waals surface area contributed by atoms with Gasteiger partial charge in [-0.3, -0.25) is 0 Å². The summed E-state index contributed by atoms with van der Waals surface area (Å²) < 4.78 is 15.6. The van der Waals surface area contributed by atoms with E-state index in [9.17, 15) is 9.50 Å². The van der Waals surface area contributed by atoms with Crippen molar-refractivity contribution in [2.24, 2.45) is 0 Å². The van der Waals surface area contributed by atoms with Crippen LogP contribution in [0.3, 0.4) is 0 Å². The molecule has 1 saturated carbocycles. The maximum atomic E-state index is 13.7. The number of aromatic nitrogens is 4. The van der Waals surface area contributed by atoms with E-state index in [0.717, 1.165) is 48.3 Å². The number of rotatable bonds is 3. The summed E-state index contributed by atoms with van der Waals surface area (Å²) in [5, 5.41) is 18.2. The fourth-order valence-electron chi connectivity index (χ4n) is 4.22. The van der Waals surface area contributed by atoms with E-state index in [1.54, 1.807) is 6.07 Å². The molecule has 1 aliphatic carbocycles. The molecule has 0 atom stereocenters. The lowest BCUT2D eigenvalue weighted by molar-refractivity contribution is 0.126. The van der Waals surface area contributed by atoms with Crippen LogP contribution in [-0.4, -0.2) is 36.8 Å². The summed E-state index contributed by atoms with van der Waals surface area (Å²) in [5.74, 6) is 0.585. The van der Waals surface area contributed by atoms with E-state index in [1.165, 1.54) is 12.1 Å². The second-order valence-corrected chi connectivity index (χ2v) is 8.17. The standard InChI is InChI=1S/C23H24FN5O/c1-13-3-10-22(26-16-5-7-17(30)8-6-16)29-21(13)12-20(28-29)23-14(2)25-18-9-4-15(24)11-19(18)27-23/h3-4,9-12,16-17,26,30H,5-8H2,1-2H3/t16-,17+. The number of hydrogen-bond donors (Lipinski definition) is 2. The lowest BCUT2D eigenvalue weighted by atomic mass is 9.93. The minimum absolute atomic E-state index is 0.184. The van der Waals surface area contributed by atoms with Crippen LogP contribution in [0, 0.1) is 19.7 Å². The summed E-state index contributed by atoms with van der Waals surface area (Å²) in [6.45, 7) is 3.95. The molecule has 0 radical (unpaired) electrons. The highest BCUT2D eigenvalue weighted by atomic mass is 19.1. The number of aliphatic hydroxyl groups excluding tert-OH is 1. The number of hydrogen-bond acceptors (Lipinski definition) is 5. The molecule has 5 rings (SSSR count). The van der Waals surface area contributed by atoms with Crippen LogP contribution < -0.4 is 5.32 Å². The Morgan fingerprint density at radius 2 is 1.80 bits per heavy atom. The molecule has 4 aromatic rings. The zero-order valence-corrected chi connectivity index (χ0v) is 17.1. The quantitative estimate of drug-likeness (QED) is 0.528. The number of nitrogens with one attached hydrogen (secondary N) is 1. The Morgan fingerprint density at radius 1 is 1.00 bits per heavy atom. The number of nitrogens with zero attached hydrogens (tertiary/aromatic N) is 4. The molecule has 1 fully saturated rings. The average Bonchev–Trinajstić information content (AvgIpc) is 3.18. The number of aryl methyl sites for hydroxylation is 2. The SMILES string of the molecule is Cc1nc2ccc(F)cc2nc1-c1cc2c(C)ccc(N[C@H]3CC[C@@H](O)CC3)n2n1. The minimum Gasteiger partial charge on any atom is -0.393 e. The monoisotopic (exact) mass is 405 g/mol. The van der Waals surface area contributed by atoms with Gasteiger partial charge in [0.15, 0.2) is 0 Å². The van der Waals surface area contributed by atoms with Gasteiger partial charge in [0.25, 0.3) is 0 Å². The summed E-state index contributed by atoms with van der Waals surface area (Å²) in [4.78, 5) is 9.25. The molecule has 1 aromatic carbocycles. The highest BCUT2D eigenvalue weighted by Crippen LogP contribution is 2.28. The van der Waals surface area contributed by atoms with Gasteiger partial charge in [-0.05, 0) is 69.4 Å². The van der Waals surface area contributed by atoms with Gasteiger partial charge in [-0.25, -0.2) is 18.9 Å². The fraction of sp³-hybridized carbons (Fsp3) is 0.348. The Labute approximate surface area is 173 Å². The van der Waals surface area contributed by atoms with E-state index in [2.05, 4.69) is 28.3 Å². The zero-order chi connectivity index (χ0) is 20.8. The van der Waals surface area contributed by atoms with E-state index < -0.39 is 0 Å². The number of pyridine rings is 1. The molecule has 0 spiro atoms. The Hall–Kier alpha value is -3.06. The predicted octanol–water partition coefficient (Wildman–Crippen LogP) is 4.42. The third kappa shape index (κ3) is 3.39. The number of fused-ring (bicyclic) bond motifs is 2. The van der Waals surface area contributed by atoms with Gasteiger partial charge < -0.3 is 10.4 Å². The molecule has 0 saturated heterocycles. The lowest BCUT2D eigenvalue weighted by Crippen LogP contribution is -2.29. The van der Waals surface area contributed by atoms with E-state index >= 15 is 0 Å². The van der Waals surface area contributed by atoms with E-state index in [1.807, 2.05) is 23.6 Å². The molecule has 154 valence electrons. The van der Waals surface area contributed by atoms with Crippen LogP contribution in [0.25, 0.3) is 27.9 Å². The molecule has 3 aromatic heterocycles. The predicted molar refractivity (Wildman–Crippen MR) is 115 cm³/mol. The molecule has 6 nitrogen and oxygen atoms in total. The lowest BCUT2D eigenvalue weighted by Gasteiger charge is -2.27. The number of halogens is 1. The van der Waals surface area contributed by atoms with E-state index in [0.29, 0.717) is 28.5 Å². The molecule has 30 heavy (non-hydrogen) atoms. The first kappa shape index (κ1) is 18.9. The molecule has 2 N–H and O–H groups in total. The van der Waals surface area contributed by atoms with Crippen LogP contribution in [0.1, 0.15) is 36.9 Å². The molecular formula is C23H24FN5O. The van der Waals surface area contributed by atoms with Crippen molar-refractivity contribution >= 4 is 22.4 Å². The van der Waals surface area contributed by atoms with Crippen LogP contribution in [0.15, 0.2) is 36.4 Å². The summed E-state index contributed by atoms with van der Waals surface area (Å²) in [6, 6.07) is 10.9. The van der Waals surface area contributed by atoms with Gasteiger partial charge in [0.1, 0.15) is 23.0 Å². The first-order valence-electron chi connectivity index (χ1n) is 10.4. The van der Waals surface area contributed by atoms with Crippen LogP contribution in [0.2, 0.25) is 0 Å². The van der Waals surface area contributed by atoms with Crippen molar-refractivity contribution < 1.29 is 9.50 Å². The topological polar surface area (TPSA) is 75.3 Å². The second-order valence-electron chi connectivity index (χ2n) is 8.17. The van der Waals surface area contributed by atoms with Crippen molar-refractivity contribution in [2.75, 3.05) is 5.32 Å². The van der Waals surface area contributed by atoms with Crippen molar-refractivity contribution in [3.8, 4) is 11.4 Å². The van der Waals surface area contributed by atoms with Crippen molar-refractivity contribution in [1.29, 1.82) is 0 Å². The molecule has 7 heteroatoms. The van der Waals surface area contributed by atoms with Gasteiger partial charge in [-0.15, -0.1) is 0 Å². The van der Waals surface area contributed by atoms with Crippen molar-refractivity contribution in [3.05, 3.63) is 53.5 Å². The Kier molecular flexibility index (Phi) is 4.62. The van der Waals surface area contributed by atoms with Gasteiger partial charge in [0, 0.05) is 12.1 Å². The molecular weight excluding hydrogens is 381 g/mol. The fourth-order valence-corrected chi connectivity index (χ4v) is 4.22. The maximum absolute atomic E-state index is 13.7. The van der Waals surface area contributed by atoms with Crippen LogP contribution in [0.4, 0.5) is 10.2 Å². The minimum atomic E-state index is -0.332. The van der Waals surface area contributed by atoms with Crippen molar-refractivity contribution in [2.45, 2.75) is 51.7 Å². The Balaban J connectivity index is 1.57. The Bertz CT molecular complexity index is 1240. The van der Waals surface area contributed by atoms with Crippen LogP contribution >= 0.6 is 0 Å². The number of anilines is 1. The smallest absolute Gasteiger partial charge is 0.128 e. The first-order chi connectivity index (χ1) is 14.5. The normalized spacial score (nSPS) is 19.5. The Morgan fingerprint density at radius 3 is 2.60 bits per heavy atom. The molecule has 0 amide bonds. The third-order valence-corrected chi connectivity index (χ3v) is 5.92. The first-order valence-corrected chi connectivity index (χ1v) is 10.4. The maximum Gasteiger partial charge on any atom is 0.128 e. The van der Waals surface area contributed by atoms with Crippen molar-refractivity contribution in [1.82, 2.24) is 19.6 Å². The van der Waals surface area contributed by atoms with Gasteiger partial charge >= 0.3 is 0 Å². The van der Waals surface area contributed by atoms with E-state index in [4.69, 9.17) is 5.10 Å². The second kappa shape index (κ2) is 7.32. The van der Waals surface area contributed by atoms with Gasteiger partial charge in [0.2, 0.25) is 0 Å². The highest BCUT2D eigenvalue weighted by molar-refractivity contribution is 5.79. The molecule has 1 aliphatic rings. The average molecular weight is 405 g/mol.